The lowest BCUT2D eigenvalue weighted by Crippen LogP contribution is -2.04. The molecule has 2 rings (SSSR count). The van der Waals surface area contributed by atoms with Gasteiger partial charge in [0.15, 0.2) is 5.69 Å². The fraction of sp³-hybridized carbons (Fsp3) is 0.0833. The van der Waals surface area contributed by atoms with Gasteiger partial charge in [0.05, 0.1) is 12.4 Å². The number of halogens is 1. The minimum Gasteiger partial charge on any atom is -0.476 e. The summed E-state index contributed by atoms with van der Waals surface area (Å²) in [6, 6.07) is 7.22. The highest BCUT2D eigenvalue weighted by Gasteiger charge is 2.07. The molecule has 0 aliphatic rings. The van der Waals surface area contributed by atoms with Crippen LogP contribution < -0.4 is 4.74 Å². The average Bonchev–Trinajstić information content (AvgIpc) is 2.38. The summed E-state index contributed by atoms with van der Waals surface area (Å²) in [5.74, 6) is -1.000. The summed E-state index contributed by atoms with van der Waals surface area (Å²) in [6.45, 7) is 0.206. The first-order valence-corrected chi connectivity index (χ1v) is 5.46. The van der Waals surface area contributed by atoms with E-state index in [1.807, 2.05) is 18.2 Å². The van der Waals surface area contributed by atoms with E-state index >= 15 is 0 Å². The van der Waals surface area contributed by atoms with E-state index in [9.17, 15) is 4.79 Å². The quantitative estimate of drug-likeness (QED) is 0.918. The summed E-state index contributed by atoms with van der Waals surface area (Å²) < 4.78 is 5.34. The molecule has 0 fully saturated rings. The van der Waals surface area contributed by atoms with Crippen molar-refractivity contribution in [3.8, 4) is 5.88 Å². The number of rotatable bonds is 4. The Morgan fingerprint density at radius 2 is 2.11 bits per heavy atom. The predicted octanol–water partition coefficient (Wildman–Crippen LogP) is 2.41. The van der Waals surface area contributed by atoms with Crippen LogP contribution in [0.15, 0.2) is 36.7 Å². The third-order valence-electron chi connectivity index (χ3n) is 2.16. The first-order chi connectivity index (χ1) is 8.66. The maximum absolute atomic E-state index is 10.7. The molecule has 0 saturated carbocycles. The van der Waals surface area contributed by atoms with E-state index in [1.165, 1.54) is 6.20 Å². The number of aromatic nitrogens is 2. The largest absolute Gasteiger partial charge is 0.476 e. The molecule has 5 nitrogen and oxygen atoms in total. The smallest absolute Gasteiger partial charge is 0.356 e. The Hall–Kier alpha value is -2.14. The fourth-order valence-corrected chi connectivity index (χ4v) is 1.48. The van der Waals surface area contributed by atoms with Crippen LogP contribution in [-0.4, -0.2) is 21.0 Å². The van der Waals surface area contributed by atoms with E-state index in [1.54, 1.807) is 6.07 Å². The van der Waals surface area contributed by atoms with Crippen molar-refractivity contribution >= 4 is 17.6 Å². The van der Waals surface area contributed by atoms with E-state index in [2.05, 4.69) is 9.97 Å². The minimum absolute atomic E-state index is 0.148. The van der Waals surface area contributed by atoms with Crippen LogP contribution in [0.25, 0.3) is 0 Å². The Bertz CT molecular complexity index is 575. The number of carboxylic acids is 1. The molecule has 1 aromatic carbocycles. The molecule has 0 aliphatic carbocycles. The van der Waals surface area contributed by atoms with Crippen molar-refractivity contribution in [2.45, 2.75) is 6.61 Å². The lowest BCUT2D eigenvalue weighted by atomic mass is 10.2. The highest BCUT2D eigenvalue weighted by atomic mass is 35.5. The Labute approximate surface area is 108 Å². The van der Waals surface area contributed by atoms with Crippen LogP contribution in [0, 0.1) is 0 Å². The number of ether oxygens (including phenoxy) is 1. The zero-order valence-corrected chi connectivity index (χ0v) is 9.96. The maximum atomic E-state index is 10.7. The van der Waals surface area contributed by atoms with Crippen molar-refractivity contribution in [3.63, 3.8) is 0 Å². The van der Waals surface area contributed by atoms with Crippen molar-refractivity contribution in [1.29, 1.82) is 0 Å². The summed E-state index contributed by atoms with van der Waals surface area (Å²) in [5.41, 5.74) is 0.633. The number of nitrogens with zero attached hydrogens (tertiary/aromatic N) is 2. The lowest BCUT2D eigenvalue weighted by molar-refractivity contribution is 0.0688. The van der Waals surface area contributed by atoms with Crippen LogP contribution in [0.1, 0.15) is 16.1 Å². The average molecular weight is 265 g/mol. The minimum atomic E-state index is -1.15. The summed E-state index contributed by atoms with van der Waals surface area (Å²) in [5, 5.41) is 9.34. The van der Waals surface area contributed by atoms with Crippen molar-refractivity contribution in [1.82, 2.24) is 9.97 Å². The molecule has 2 aromatic rings. The van der Waals surface area contributed by atoms with Gasteiger partial charge < -0.3 is 9.84 Å². The Morgan fingerprint density at radius 1 is 1.33 bits per heavy atom. The number of aromatic carboxylic acids is 1. The second kappa shape index (κ2) is 5.46. The zero-order chi connectivity index (χ0) is 13.0. The second-order valence-corrected chi connectivity index (χ2v) is 3.83. The van der Waals surface area contributed by atoms with Gasteiger partial charge in [0.2, 0.25) is 5.88 Å². The normalized spacial score (nSPS) is 10.1. The molecule has 0 amide bonds. The molecule has 1 aromatic heterocycles. The standard InChI is InChI=1S/C12H9ClN2O3/c13-9-4-2-1-3-8(9)7-18-11-6-14-5-10(15-11)12(16)17/h1-6H,7H2,(H,16,17). The Balaban J connectivity index is 2.09. The second-order valence-electron chi connectivity index (χ2n) is 3.43. The Kier molecular flexibility index (Phi) is 3.74. The van der Waals surface area contributed by atoms with Gasteiger partial charge in [0, 0.05) is 10.6 Å². The van der Waals surface area contributed by atoms with Gasteiger partial charge in [0.25, 0.3) is 0 Å². The van der Waals surface area contributed by atoms with Gasteiger partial charge in [-0.2, -0.15) is 0 Å². The first-order valence-electron chi connectivity index (χ1n) is 5.08. The van der Waals surface area contributed by atoms with Gasteiger partial charge in [-0.25, -0.2) is 9.78 Å². The molecule has 0 bridgehead atoms. The summed E-state index contributed by atoms with van der Waals surface area (Å²) >= 11 is 5.96. The van der Waals surface area contributed by atoms with Crippen LogP contribution in [0.5, 0.6) is 5.88 Å². The van der Waals surface area contributed by atoms with Crippen molar-refractivity contribution in [3.05, 3.63) is 52.9 Å². The van der Waals surface area contributed by atoms with E-state index in [0.717, 1.165) is 11.8 Å². The van der Waals surface area contributed by atoms with Crippen molar-refractivity contribution in [2.75, 3.05) is 0 Å². The molecule has 1 heterocycles. The third kappa shape index (κ3) is 2.95. The Morgan fingerprint density at radius 3 is 2.83 bits per heavy atom. The molecule has 0 aliphatic heterocycles. The topological polar surface area (TPSA) is 72.3 Å². The van der Waals surface area contributed by atoms with Crippen LogP contribution >= 0.6 is 11.6 Å². The van der Waals surface area contributed by atoms with Gasteiger partial charge in [0.1, 0.15) is 6.61 Å². The number of benzene rings is 1. The lowest BCUT2D eigenvalue weighted by Gasteiger charge is -2.06. The summed E-state index contributed by atoms with van der Waals surface area (Å²) in [4.78, 5) is 18.2. The molecule has 0 unspecified atom stereocenters. The third-order valence-corrected chi connectivity index (χ3v) is 2.53. The molecular formula is C12H9ClN2O3. The van der Waals surface area contributed by atoms with Gasteiger partial charge in [-0.05, 0) is 6.07 Å². The van der Waals surface area contributed by atoms with E-state index in [-0.39, 0.29) is 18.2 Å². The molecule has 0 saturated heterocycles. The fourth-order valence-electron chi connectivity index (χ4n) is 1.29. The van der Waals surface area contributed by atoms with Gasteiger partial charge in [-0.1, -0.05) is 29.8 Å². The van der Waals surface area contributed by atoms with Gasteiger partial charge in [-0.15, -0.1) is 0 Å². The van der Waals surface area contributed by atoms with E-state index in [0.29, 0.717) is 5.02 Å². The molecular weight excluding hydrogens is 256 g/mol. The summed E-state index contributed by atoms with van der Waals surface area (Å²) in [6.07, 6.45) is 2.51. The van der Waals surface area contributed by atoms with E-state index < -0.39 is 5.97 Å². The predicted molar refractivity (Wildman–Crippen MR) is 64.8 cm³/mol. The van der Waals surface area contributed by atoms with Crippen molar-refractivity contribution < 1.29 is 14.6 Å². The van der Waals surface area contributed by atoms with Gasteiger partial charge in [-0.3, -0.25) is 4.98 Å². The molecule has 6 heteroatoms. The molecule has 92 valence electrons. The van der Waals surface area contributed by atoms with Crippen LogP contribution in [0.3, 0.4) is 0 Å². The van der Waals surface area contributed by atoms with Gasteiger partial charge >= 0.3 is 5.97 Å². The number of hydrogen-bond donors (Lipinski definition) is 1. The number of carbonyl (C=O) groups is 1. The van der Waals surface area contributed by atoms with Crippen LogP contribution in [-0.2, 0) is 6.61 Å². The first kappa shape index (κ1) is 12.3. The van der Waals surface area contributed by atoms with Crippen LogP contribution in [0.4, 0.5) is 0 Å². The molecule has 18 heavy (non-hydrogen) atoms. The summed E-state index contributed by atoms with van der Waals surface area (Å²) in [7, 11) is 0. The molecule has 1 N–H and O–H groups in total. The molecule has 0 radical (unpaired) electrons. The highest BCUT2D eigenvalue weighted by Crippen LogP contribution is 2.17. The highest BCUT2D eigenvalue weighted by molar-refractivity contribution is 6.31. The number of carboxylic acid groups (broad SMARTS) is 1. The number of hydrogen-bond acceptors (Lipinski definition) is 4. The SMILES string of the molecule is O=C(O)c1cncc(OCc2ccccc2Cl)n1. The maximum Gasteiger partial charge on any atom is 0.356 e. The van der Waals surface area contributed by atoms with Crippen LogP contribution in [0.2, 0.25) is 5.02 Å². The van der Waals surface area contributed by atoms with Crippen molar-refractivity contribution in [2.24, 2.45) is 0 Å². The van der Waals surface area contributed by atoms with E-state index in [4.69, 9.17) is 21.4 Å². The molecule has 0 atom stereocenters. The molecule has 0 spiro atoms. The zero-order valence-electron chi connectivity index (χ0n) is 9.21. The monoisotopic (exact) mass is 264 g/mol.